The number of benzene rings is 7. The molecule has 0 amide bonds. The van der Waals surface area contributed by atoms with Crippen LogP contribution in [0.5, 0.6) is 0 Å². The lowest BCUT2D eigenvalue weighted by Crippen LogP contribution is -2.14. The average molecular weight is 654 g/mol. The van der Waals surface area contributed by atoms with Crippen molar-refractivity contribution >= 4 is 54.6 Å². The predicted octanol–water partition coefficient (Wildman–Crippen LogP) is 12.3. The van der Waals surface area contributed by atoms with E-state index < -0.39 is 0 Å². The van der Waals surface area contributed by atoms with Gasteiger partial charge in [-0.2, -0.15) is 0 Å². The summed E-state index contributed by atoms with van der Waals surface area (Å²) >= 11 is 0. The van der Waals surface area contributed by atoms with Crippen LogP contribution < -0.4 is 0 Å². The topological polar surface area (TPSA) is 43.9 Å². The maximum atomic E-state index is 6.51. The second kappa shape index (κ2) is 10.3. The Hall–Kier alpha value is -6.52. The van der Waals surface area contributed by atoms with Crippen molar-refractivity contribution in [2.75, 3.05) is 0 Å². The van der Waals surface area contributed by atoms with Crippen LogP contribution in [0.15, 0.2) is 156 Å². The van der Waals surface area contributed by atoms with Gasteiger partial charge in [0, 0.05) is 43.8 Å². The lowest BCUT2D eigenvalue weighted by Gasteiger charge is -2.22. The third-order valence-corrected chi connectivity index (χ3v) is 11.0. The van der Waals surface area contributed by atoms with Crippen LogP contribution in [0.4, 0.5) is 0 Å². The van der Waals surface area contributed by atoms with E-state index in [1.54, 1.807) is 0 Å². The van der Waals surface area contributed by atoms with E-state index in [0.29, 0.717) is 5.82 Å². The van der Waals surface area contributed by atoms with Gasteiger partial charge in [0.1, 0.15) is 11.2 Å². The van der Waals surface area contributed by atoms with Gasteiger partial charge in [0.05, 0.1) is 27.6 Å². The van der Waals surface area contributed by atoms with Gasteiger partial charge in [0.2, 0.25) is 0 Å². The molecule has 0 radical (unpaired) electrons. The van der Waals surface area contributed by atoms with Gasteiger partial charge in [0.25, 0.3) is 0 Å². The van der Waals surface area contributed by atoms with Crippen molar-refractivity contribution < 1.29 is 4.42 Å². The zero-order chi connectivity index (χ0) is 33.8. The van der Waals surface area contributed by atoms with Gasteiger partial charge >= 0.3 is 0 Å². The summed E-state index contributed by atoms with van der Waals surface area (Å²) in [5, 5.41) is 5.63. The monoisotopic (exact) mass is 653 g/mol. The molecule has 0 unspecified atom stereocenters. The normalized spacial score (nSPS) is 13.5. The smallest absolute Gasteiger partial charge is 0.160 e. The quantitative estimate of drug-likeness (QED) is 0.191. The van der Waals surface area contributed by atoms with Gasteiger partial charge in [-0.15, -0.1) is 0 Å². The van der Waals surface area contributed by atoms with Crippen LogP contribution in [0.2, 0.25) is 0 Å². The number of para-hydroxylation sites is 3. The molecule has 4 nitrogen and oxygen atoms in total. The Morgan fingerprint density at radius 1 is 0.529 bits per heavy atom. The molecule has 0 N–H and O–H groups in total. The molecule has 1 aliphatic rings. The fourth-order valence-corrected chi connectivity index (χ4v) is 8.55. The van der Waals surface area contributed by atoms with Crippen LogP contribution >= 0.6 is 0 Å². The highest BCUT2D eigenvalue weighted by Gasteiger charge is 2.35. The minimum atomic E-state index is -0.0908. The molecule has 0 aliphatic heterocycles. The number of hydrogen-bond donors (Lipinski definition) is 0. The molecule has 240 valence electrons. The van der Waals surface area contributed by atoms with E-state index in [9.17, 15) is 0 Å². The molecule has 3 aromatic heterocycles. The summed E-state index contributed by atoms with van der Waals surface area (Å²) < 4.78 is 8.84. The van der Waals surface area contributed by atoms with Gasteiger partial charge in [-0.1, -0.05) is 105 Å². The van der Waals surface area contributed by atoms with Gasteiger partial charge in [0.15, 0.2) is 5.82 Å². The first-order chi connectivity index (χ1) is 25.0. The van der Waals surface area contributed by atoms with Crippen molar-refractivity contribution in [2.45, 2.75) is 19.3 Å². The van der Waals surface area contributed by atoms with Crippen molar-refractivity contribution in [3.8, 4) is 39.5 Å². The van der Waals surface area contributed by atoms with Crippen molar-refractivity contribution in [1.82, 2.24) is 14.5 Å². The lowest BCUT2D eigenvalue weighted by molar-refractivity contribution is 0.660. The Labute approximate surface area is 294 Å². The first kappa shape index (κ1) is 28.3. The highest BCUT2D eigenvalue weighted by molar-refractivity contribution is 6.23. The zero-order valence-corrected chi connectivity index (χ0v) is 28.2. The van der Waals surface area contributed by atoms with Crippen molar-refractivity contribution in [1.29, 1.82) is 0 Å². The van der Waals surface area contributed by atoms with Crippen molar-refractivity contribution in [2.24, 2.45) is 0 Å². The van der Waals surface area contributed by atoms with Gasteiger partial charge < -0.3 is 8.98 Å². The highest BCUT2D eigenvalue weighted by Crippen LogP contribution is 2.50. The Kier molecular flexibility index (Phi) is 5.70. The number of nitrogens with zero attached hydrogens (tertiary/aromatic N) is 3. The molecule has 10 aromatic rings. The maximum Gasteiger partial charge on any atom is 0.160 e. The van der Waals surface area contributed by atoms with Crippen LogP contribution in [-0.2, 0) is 5.41 Å². The molecule has 1 aliphatic carbocycles. The summed E-state index contributed by atoms with van der Waals surface area (Å²) in [6.07, 6.45) is 0. The summed E-state index contributed by atoms with van der Waals surface area (Å²) in [4.78, 5) is 10.4. The minimum absolute atomic E-state index is 0.0908. The molecular formula is C47H31N3O. The predicted molar refractivity (Wildman–Crippen MR) is 210 cm³/mol. The van der Waals surface area contributed by atoms with Crippen molar-refractivity contribution in [3.63, 3.8) is 0 Å². The Bertz CT molecular complexity index is 3050. The van der Waals surface area contributed by atoms with Gasteiger partial charge in [-0.3, -0.25) is 0 Å². The van der Waals surface area contributed by atoms with Crippen LogP contribution in [0, 0.1) is 0 Å². The van der Waals surface area contributed by atoms with E-state index >= 15 is 0 Å². The number of rotatable bonds is 3. The van der Waals surface area contributed by atoms with E-state index in [1.165, 1.54) is 27.6 Å². The van der Waals surface area contributed by atoms with Crippen LogP contribution in [0.3, 0.4) is 0 Å². The zero-order valence-electron chi connectivity index (χ0n) is 28.2. The van der Waals surface area contributed by atoms with E-state index in [0.717, 1.165) is 71.8 Å². The Morgan fingerprint density at radius 2 is 1.24 bits per heavy atom. The second-order valence-electron chi connectivity index (χ2n) is 14.2. The van der Waals surface area contributed by atoms with E-state index in [2.05, 4.69) is 158 Å². The standard InChI is InChI=1S/C47H31N3O/c1-47(2)37-15-7-3-11-31(37)32-24-21-29(27-38(32)47)44-35-13-4-8-16-39(35)48-46(49-44)28-19-22-30(23-20-28)50-40-17-9-5-14-36(40)43-41(50)26-25-34-33-12-6-10-18-42(33)51-45(34)43/h3-27H,1-2H3. The fourth-order valence-electron chi connectivity index (χ4n) is 8.55. The summed E-state index contributed by atoms with van der Waals surface area (Å²) in [5.74, 6) is 0.713. The average Bonchev–Trinajstić information content (AvgIpc) is 3.80. The van der Waals surface area contributed by atoms with Gasteiger partial charge in [-0.25, -0.2) is 9.97 Å². The third-order valence-electron chi connectivity index (χ3n) is 11.0. The molecule has 0 saturated carbocycles. The van der Waals surface area contributed by atoms with E-state index in [4.69, 9.17) is 14.4 Å². The molecule has 4 heteroatoms. The van der Waals surface area contributed by atoms with Crippen LogP contribution in [0.25, 0.3) is 94.1 Å². The molecule has 3 heterocycles. The van der Waals surface area contributed by atoms with Crippen molar-refractivity contribution in [3.05, 3.63) is 163 Å². The SMILES string of the molecule is CC1(C)c2ccccc2-c2ccc(-c3nc(-c4ccc(-n5c6ccccc6c6c7oc8ccccc8c7ccc65)cc4)nc4ccccc34)cc21. The Morgan fingerprint density at radius 3 is 2.12 bits per heavy atom. The molecule has 0 atom stereocenters. The molecule has 0 saturated heterocycles. The lowest BCUT2D eigenvalue weighted by atomic mass is 9.82. The Balaban J connectivity index is 1.05. The largest absolute Gasteiger partial charge is 0.455 e. The molecule has 7 aromatic carbocycles. The molecule has 0 bridgehead atoms. The summed E-state index contributed by atoms with van der Waals surface area (Å²) in [6, 6.07) is 53.9. The maximum absolute atomic E-state index is 6.51. The highest BCUT2D eigenvalue weighted by atomic mass is 16.3. The van der Waals surface area contributed by atoms with Crippen LogP contribution in [-0.4, -0.2) is 14.5 Å². The first-order valence-corrected chi connectivity index (χ1v) is 17.5. The molecule has 11 rings (SSSR count). The second-order valence-corrected chi connectivity index (χ2v) is 14.2. The van der Waals surface area contributed by atoms with E-state index in [1.807, 2.05) is 12.1 Å². The molecule has 51 heavy (non-hydrogen) atoms. The summed E-state index contributed by atoms with van der Waals surface area (Å²) in [7, 11) is 0. The summed E-state index contributed by atoms with van der Waals surface area (Å²) in [5.41, 5.74) is 14.4. The van der Waals surface area contributed by atoms with Crippen LogP contribution in [0.1, 0.15) is 25.0 Å². The third kappa shape index (κ3) is 3.96. The fraction of sp³-hybridized carbons (Fsp3) is 0.0638. The number of hydrogen-bond acceptors (Lipinski definition) is 3. The number of furan rings is 1. The van der Waals surface area contributed by atoms with Gasteiger partial charge in [-0.05, 0) is 82.9 Å². The molecule has 0 spiro atoms. The van der Waals surface area contributed by atoms with E-state index in [-0.39, 0.29) is 5.41 Å². The summed E-state index contributed by atoms with van der Waals surface area (Å²) in [6.45, 7) is 4.64. The first-order valence-electron chi connectivity index (χ1n) is 17.5. The number of fused-ring (bicyclic) bond motifs is 11. The minimum Gasteiger partial charge on any atom is -0.455 e. The number of aromatic nitrogens is 3. The molecular weight excluding hydrogens is 623 g/mol. The molecule has 0 fully saturated rings.